The number of nitrogens with one attached hydrogen (secondary N) is 1. The Morgan fingerprint density at radius 2 is 1.87 bits per heavy atom. The van der Waals surface area contributed by atoms with Gasteiger partial charge >= 0.3 is 0 Å². The summed E-state index contributed by atoms with van der Waals surface area (Å²) < 4.78 is 30.5. The molecule has 0 aliphatic rings. The Morgan fingerprint density at radius 1 is 1.13 bits per heavy atom. The largest absolute Gasteiger partial charge is 0.496 e. The summed E-state index contributed by atoms with van der Waals surface area (Å²) in [6, 6.07) is 10.3. The molecule has 0 saturated heterocycles. The third kappa shape index (κ3) is 4.33. The summed E-state index contributed by atoms with van der Waals surface area (Å²) in [5, 5.41) is 3.83. The standard InChI is InChI=1S/C16H17BrN2O3S/c1-11-4-6-15(8-12(11)2)23(20,21)19-18-10-13-9-14(17)5-7-16(13)22-3/h4-10,19H,1-3H3/b18-10+. The van der Waals surface area contributed by atoms with Gasteiger partial charge < -0.3 is 4.74 Å². The van der Waals surface area contributed by atoms with E-state index in [9.17, 15) is 8.42 Å². The minimum Gasteiger partial charge on any atom is -0.496 e. The van der Waals surface area contributed by atoms with Gasteiger partial charge in [0.1, 0.15) is 5.75 Å². The zero-order valence-electron chi connectivity index (χ0n) is 13.0. The highest BCUT2D eigenvalue weighted by atomic mass is 79.9. The molecule has 122 valence electrons. The molecular formula is C16H17BrN2O3S. The zero-order chi connectivity index (χ0) is 17.0. The maximum atomic E-state index is 12.2. The summed E-state index contributed by atoms with van der Waals surface area (Å²) >= 11 is 3.35. The molecule has 0 unspecified atom stereocenters. The molecule has 5 nitrogen and oxygen atoms in total. The second-order valence-corrected chi connectivity index (χ2v) is 7.56. The van der Waals surface area contributed by atoms with Gasteiger partial charge in [0.2, 0.25) is 0 Å². The van der Waals surface area contributed by atoms with Crippen molar-refractivity contribution in [3.05, 3.63) is 57.6 Å². The van der Waals surface area contributed by atoms with Crippen molar-refractivity contribution in [1.82, 2.24) is 4.83 Å². The molecule has 0 aliphatic carbocycles. The average Bonchev–Trinajstić information content (AvgIpc) is 2.50. The second kappa shape index (κ2) is 7.14. The Bertz CT molecular complexity index is 848. The van der Waals surface area contributed by atoms with Crippen LogP contribution in [0.25, 0.3) is 0 Å². The minimum absolute atomic E-state index is 0.180. The van der Waals surface area contributed by atoms with E-state index in [4.69, 9.17) is 4.74 Å². The quantitative estimate of drug-likeness (QED) is 0.621. The van der Waals surface area contributed by atoms with E-state index in [0.29, 0.717) is 11.3 Å². The number of sulfonamides is 1. The summed E-state index contributed by atoms with van der Waals surface area (Å²) in [5.41, 5.74) is 2.60. The zero-order valence-corrected chi connectivity index (χ0v) is 15.4. The van der Waals surface area contributed by atoms with E-state index >= 15 is 0 Å². The first kappa shape index (κ1) is 17.5. The van der Waals surface area contributed by atoms with Crippen molar-refractivity contribution in [2.24, 2.45) is 5.10 Å². The van der Waals surface area contributed by atoms with Gasteiger partial charge in [-0.3, -0.25) is 0 Å². The normalized spacial score (nSPS) is 11.7. The van der Waals surface area contributed by atoms with Crippen molar-refractivity contribution in [2.45, 2.75) is 18.7 Å². The van der Waals surface area contributed by atoms with Gasteiger partial charge in [-0.25, -0.2) is 4.83 Å². The molecule has 7 heteroatoms. The fraction of sp³-hybridized carbons (Fsp3) is 0.188. The van der Waals surface area contributed by atoms with Crippen LogP contribution in [-0.4, -0.2) is 21.7 Å². The summed E-state index contributed by atoms with van der Waals surface area (Å²) in [6.45, 7) is 3.79. The van der Waals surface area contributed by atoms with Crippen LogP contribution in [0, 0.1) is 13.8 Å². The van der Waals surface area contributed by atoms with Gasteiger partial charge in [-0.15, -0.1) is 0 Å². The van der Waals surface area contributed by atoms with Crippen molar-refractivity contribution in [2.75, 3.05) is 7.11 Å². The first-order chi connectivity index (χ1) is 10.8. The summed E-state index contributed by atoms with van der Waals surface area (Å²) in [6.07, 6.45) is 1.40. The Morgan fingerprint density at radius 3 is 2.52 bits per heavy atom. The van der Waals surface area contributed by atoms with E-state index in [0.717, 1.165) is 15.6 Å². The lowest BCUT2D eigenvalue weighted by atomic mass is 10.1. The van der Waals surface area contributed by atoms with Gasteiger partial charge in [0, 0.05) is 10.0 Å². The highest BCUT2D eigenvalue weighted by molar-refractivity contribution is 9.10. The molecule has 0 bridgehead atoms. The maximum absolute atomic E-state index is 12.2. The molecule has 0 fully saturated rings. The third-order valence-electron chi connectivity index (χ3n) is 3.36. The Hall–Kier alpha value is -1.86. The minimum atomic E-state index is -3.70. The molecule has 0 aliphatic heterocycles. The second-order valence-electron chi connectivity index (χ2n) is 4.99. The molecule has 0 amide bonds. The molecule has 0 radical (unpaired) electrons. The van der Waals surface area contributed by atoms with E-state index in [2.05, 4.69) is 25.9 Å². The van der Waals surface area contributed by atoms with Crippen LogP contribution in [0.5, 0.6) is 5.75 Å². The van der Waals surface area contributed by atoms with Gasteiger partial charge in [-0.05, 0) is 55.3 Å². The van der Waals surface area contributed by atoms with Crippen LogP contribution in [0.2, 0.25) is 0 Å². The average molecular weight is 397 g/mol. The number of methoxy groups -OCH3 is 1. The number of hydrazone groups is 1. The smallest absolute Gasteiger partial charge is 0.276 e. The number of hydrogen-bond acceptors (Lipinski definition) is 4. The van der Waals surface area contributed by atoms with Crippen LogP contribution < -0.4 is 9.57 Å². The lowest BCUT2D eigenvalue weighted by Crippen LogP contribution is -2.18. The monoisotopic (exact) mass is 396 g/mol. The summed E-state index contributed by atoms with van der Waals surface area (Å²) in [5.74, 6) is 0.599. The summed E-state index contributed by atoms with van der Waals surface area (Å²) in [4.78, 5) is 2.39. The van der Waals surface area contributed by atoms with Crippen LogP contribution in [-0.2, 0) is 10.0 Å². The molecule has 0 aromatic heterocycles. The van der Waals surface area contributed by atoms with E-state index in [-0.39, 0.29) is 4.90 Å². The predicted molar refractivity (Wildman–Crippen MR) is 94.5 cm³/mol. The molecule has 2 aromatic rings. The summed E-state index contributed by atoms with van der Waals surface area (Å²) in [7, 11) is -2.16. The Labute approximate surface area is 144 Å². The van der Waals surface area contributed by atoms with Gasteiger partial charge in [-0.2, -0.15) is 13.5 Å². The molecule has 2 aromatic carbocycles. The SMILES string of the molecule is COc1ccc(Br)cc1/C=N/NS(=O)(=O)c1ccc(C)c(C)c1. The number of rotatable bonds is 5. The van der Waals surface area contributed by atoms with Crippen LogP contribution >= 0.6 is 15.9 Å². The topological polar surface area (TPSA) is 67.8 Å². The number of benzene rings is 2. The lowest BCUT2D eigenvalue weighted by molar-refractivity contribution is 0.414. The molecular weight excluding hydrogens is 380 g/mol. The van der Waals surface area contributed by atoms with Crippen molar-refractivity contribution >= 4 is 32.2 Å². The highest BCUT2D eigenvalue weighted by Gasteiger charge is 2.13. The van der Waals surface area contributed by atoms with E-state index in [1.54, 1.807) is 37.4 Å². The predicted octanol–water partition coefficient (Wildman–Crippen LogP) is 3.39. The number of aryl methyl sites for hydroxylation is 2. The van der Waals surface area contributed by atoms with Crippen LogP contribution in [0.3, 0.4) is 0 Å². The van der Waals surface area contributed by atoms with Gasteiger partial charge in [-0.1, -0.05) is 22.0 Å². The molecule has 1 N–H and O–H groups in total. The molecule has 23 heavy (non-hydrogen) atoms. The van der Waals surface area contributed by atoms with E-state index < -0.39 is 10.0 Å². The lowest BCUT2D eigenvalue weighted by Gasteiger charge is -2.07. The first-order valence-corrected chi connectivity index (χ1v) is 9.07. The number of halogens is 1. The molecule has 2 rings (SSSR count). The fourth-order valence-corrected chi connectivity index (χ4v) is 3.16. The van der Waals surface area contributed by atoms with Gasteiger partial charge in [0.25, 0.3) is 10.0 Å². The number of nitrogens with zero attached hydrogens (tertiary/aromatic N) is 1. The van der Waals surface area contributed by atoms with Crippen molar-refractivity contribution in [3.8, 4) is 5.75 Å². The van der Waals surface area contributed by atoms with E-state index in [1.165, 1.54) is 6.21 Å². The highest BCUT2D eigenvalue weighted by Crippen LogP contribution is 2.21. The van der Waals surface area contributed by atoms with Crippen LogP contribution in [0.15, 0.2) is 50.9 Å². The Kier molecular flexibility index (Phi) is 5.43. The maximum Gasteiger partial charge on any atom is 0.276 e. The molecule has 0 saturated carbocycles. The molecule has 0 atom stereocenters. The van der Waals surface area contributed by atoms with Crippen LogP contribution in [0.1, 0.15) is 16.7 Å². The van der Waals surface area contributed by atoms with Gasteiger partial charge in [0.05, 0.1) is 18.2 Å². The number of ether oxygens (including phenoxy) is 1. The fourth-order valence-electron chi connectivity index (χ4n) is 1.91. The third-order valence-corrected chi connectivity index (χ3v) is 5.07. The van der Waals surface area contributed by atoms with Crippen LogP contribution in [0.4, 0.5) is 0 Å². The van der Waals surface area contributed by atoms with Gasteiger partial charge in [0.15, 0.2) is 0 Å². The Balaban J connectivity index is 2.22. The molecule has 0 spiro atoms. The number of hydrogen-bond donors (Lipinski definition) is 1. The first-order valence-electron chi connectivity index (χ1n) is 6.79. The van der Waals surface area contributed by atoms with Crippen molar-refractivity contribution < 1.29 is 13.2 Å². The van der Waals surface area contributed by atoms with E-state index in [1.807, 2.05) is 19.9 Å². The van der Waals surface area contributed by atoms with Crippen molar-refractivity contribution in [3.63, 3.8) is 0 Å². The van der Waals surface area contributed by atoms with Crippen molar-refractivity contribution in [1.29, 1.82) is 0 Å². The molecule has 0 heterocycles.